The Balaban J connectivity index is 1.89. The largest absolute Gasteiger partial charge is 0.414 e. The summed E-state index contributed by atoms with van der Waals surface area (Å²) in [6.45, 7) is 6.93. The van der Waals surface area contributed by atoms with Gasteiger partial charge in [-0.1, -0.05) is 122 Å². The first-order valence-corrected chi connectivity index (χ1v) is 15.6. The number of hydrogen-bond acceptors (Lipinski definition) is 1. The number of hydrogen-bond donors (Lipinski definition) is 0. The fourth-order valence-corrected chi connectivity index (χ4v) is 5.83. The molecule has 1 rings (SSSR count). The molecule has 1 unspecified atom stereocenters. The van der Waals surface area contributed by atoms with E-state index in [2.05, 4.69) is 20.0 Å². The molecule has 0 N–H and O–H groups in total. The van der Waals surface area contributed by atoms with E-state index in [0.29, 0.717) is 6.10 Å². The van der Waals surface area contributed by atoms with Crippen LogP contribution in [0.2, 0.25) is 13.1 Å². The van der Waals surface area contributed by atoms with Crippen molar-refractivity contribution in [1.29, 1.82) is 0 Å². The fourth-order valence-electron chi connectivity index (χ4n) is 4.92. The predicted octanol–water partition coefficient (Wildman–Crippen LogP) is 9.46. The maximum Gasteiger partial charge on any atom is 0.205 e. The fraction of sp³-hybridized carbons (Fsp3) is 1.00. The van der Waals surface area contributed by atoms with E-state index < -0.39 is 9.04 Å². The lowest BCUT2D eigenvalue weighted by molar-refractivity contribution is 0.0969. The first-order chi connectivity index (χ1) is 13.7. The Bertz CT molecular complexity index is 312. The highest BCUT2D eigenvalue weighted by molar-refractivity contribution is 6.48. The van der Waals surface area contributed by atoms with Crippen LogP contribution < -0.4 is 0 Å². The van der Waals surface area contributed by atoms with Gasteiger partial charge in [-0.25, -0.2) is 0 Å². The lowest BCUT2D eigenvalue weighted by atomic mass is 9.83. The van der Waals surface area contributed by atoms with E-state index in [1.165, 1.54) is 135 Å². The molecule has 0 bridgehead atoms. The van der Waals surface area contributed by atoms with E-state index in [9.17, 15) is 0 Å². The van der Waals surface area contributed by atoms with Crippen LogP contribution in [-0.4, -0.2) is 15.1 Å². The molecule has 0 aromatic heterocycles. The average molecular weight is 410 g/mol. The second-order valence-corrected chi connectivity index (χ2v) is 11.8. The van der Waals surface area contributed by atoms with Gasteiger partial charge in [0.15, 0.2) is 0 Å². The summed E-state index contributed by atoms with van der Waals surface area (Å²) in [6.07, 6.45) is 30.9. The van der Waals surface area contributed by atoms with Gasteiger partial charge in [0.2, 0.25) is 9.04 Å². The van der Waals surface area contributed by atoms with E-state index in [1.807, 2.05) is 0 Å². The molecule has 2 heteroatoms. The first kappa shape index (κ1) is 26.2. The highest BCUT2D eigenvalue weighted by Gasteiger charge is 2.24. The van der Waals surface area contributed by atoms with Gasteiger partial charge in [0.05, 0.1) is 0 Å². The Morgan fingerprint density at radius 1 is 0.643 bits per heavy atom. The van der Waals surface area contributed by atoms with Crippen LogP contribution in [0.3, 0.4) is 0 Å². The molecule has 1 nitrogen and oxygen atoms in total. The minimum Gasteiger partial charge on any atom is -0.414 e. The smallest absolute Gasteiger partial charge is 0.205 e. The maximum atomic E-state index is 6.41. The Hall–Kier alpha value is 0.177. The van der Waals surface area contributed by atoms with Crippen molar-refractivity contribution in [2.75, 3.05) is 0 Å². The van der Waals surface area contributed by atoms with E-state index >= 15 is 0 Å². The Kier molecular flexibility index (Phi) is 17.9. The minimum absolute atomic E-state index is 0.551. The van der Waals surface area contributed by atoms with Gasteiger partial charge >= 0.3 is 0 Å². The summed E-state index contributed by atoms with van der Waals surface area (Å²) in [5, 5.41) is 0. The molecule has 0 aromatic carbocycles. The number of unbranched alkanes of at least 4 members (excludes halogenated alkanes) is 14. The third-order valence-corrected chi connectivity index (χ3v) is 7.43. The van der Waals surface area contributed by atoms with E-state index in [4.69, 9.17) is 4.43 Å². The quantitative estimate of drug-likeness (QED) is 0.152. The van der Waals surface area contributed by atoms with Crippen molar-refractivity contribution in [3.05, 3.63) is 0 Å². The van der Waals surface area contributed by atoms with Crippen molar-refractivity contribution < 1.29 is 4.43 Å². The summed E-state index contributed by atoms with van der Waals surface area (Å²) >= 11 is 0. The Morgan fingerprint density at radius 3 is 1.50 bits per heavy atom. The highest BCUT2D eigenvalue weighted by Crippen LogP contribution is 2.31. The zero-order valence-corrected chi connectivity index (χ0v) is 20.9. The van der Waals surface area contributed by atoms with Gasteiger partial charge in [0, 0.05) is 6.10 Å². The second kappa shape index (κ2) is 19.2. The van der Waals surface area contributed by atoms with Crippen molar-refractivity contribution in [3.63, 3.8) is 0 Å². The molecular weight excluding hydrogens is 356 g/mol. The molecule has 167 valence electrons. The summed E-state index contributed by atoms with van der Waals surface area (Å²) in [5.41, 5.74) is 0. The summed E-state index contributed by atoms with van der Waals surface area (Å²) < 4.78 is 6.41. The van der Waals surface area contributed by atoms with Crippen molar-refractivity contribution in [2.45, 2.75) is 161 Å². The molecule has 0 saturated heterocycles. The van der Waals surface area contributed by atoms with Crippen LogP contribution in [0, 0.1) is 5.92 Å². The maximum absolute atomic E-state index is 6.41. The average Bonchev–Trinajstić information content (AvgIpc) is 2.70. The molecule has 1 saturated carbocycles. The van der Waals surface area contributed by atoms with Crippen LogP contribution in [0.25, 0.3) is 0 Å². The SMILES string of the molecule is CCCCCCCCCCCCCCCCCC(O[Si](C)C)C1CCCCC1. The molecule has 1 fully saturated rings. The normalized spacial score (nSPS) is 16.7. The molecule has 0 spiro atoms. The van der Waals surface area contributed by atoms with Gasteiger partial charge in [0.25, 0.3) is 0 Å². The molecular formula is C26H53OSi. The Morgan fingerprint density at radius 2 is 1.07 bits per heavy atom. The standard InChI is InChI=1S/C26H53OSi/c1-4-5-6-7-8-9-10-11-12-13-14-15-16-17-21-24-26(27-28(2)3)25-22-19-18-20-23-25/h25-26H,4-24H2,1-3H3. The molecule has 1 aliphatic carbocycles. The lowest BCUT2D eigenvalue weighted by Crippen LogP contribution is -2.30. The summed E-state index contributed by atoms with van der Waals surface area (Å²) in [5.74, 6) is 0.875. The van der Waals surface area contributed by atoms with Crippen molar-refractivity contribution in [2.24, 2.45) is 5.92 Å². The van der Waals surface area contributed by atoms with Crippen LogP contribution in [0.15, 0.2) is 0 Å². The highest BCUT2D eigenvalue weighted by atomic mass is 28.3. The van der Waals surface area contributed by atoms with Gasteiger partial charge in [0.1, 0.15) is 0 Å². The molecule has 1 radical (unpaired) electrons. The predicted molar refractivity (Wildman–Crippen MR) is 128 cm³/mol. The summed E-state index contributed by atoms with van der Waals surface area (Å²) in [6, 6.07) is 0. The van der Waals surface area contributed by atoms with Crippen molar-refractivity contribution in [1.82, 2.24) is 0 Å². The molecule has 0 amide bonds. The molecule has 0 aromatic rings. The molecule has 0 aliphatic heterocycles. The van der Waals surface area contributed by atoms with Crippen LogP contribution >= 0.6 is 0 Å². The van der Waals surface area contributed by atoms with Gasteiger partial charge in [-0.15, -0.1) is 0 Å². The van der Waals surface area contributed by atoms with Gasteiger partial charge in [-0.2, -0.15) is 0 Å². The first-order valence-electron chi connectivity index (χ1n) is 13.2. The molecule has 0 heterocycles. The van der Waals surface area contributed by atoms with Crippen molar-refractivity contribution >= 4 is 9.04 Å². The lowest BCUT2D eigenvalue weighted by Gasteiger charge is -2.31. The zero-order valence-electron chi connectivity index (χ0n) is 19.9. The summed E-state index contributed by atoms with van der Waals surface area (Å²) in [4.78, 5) is 0. The molecule has 1 atom stereocenters. The van der Waals surface area contributed by atoms with Crippen LogP contribution in [-0.2, 0) is 4.43 Å². The third kappa shape index (κ3) is 15.1. The Labute approximate surface area is 180 Å². The van der Waals surface area contributed by atoms with Gasteiger partial charge in [-0.05, 0) is 38.3 Å². The summed E-state index contributed by atoms with van der Waals surface area (Å²) in [7, 11) is -0.551. The van der Waals surface area contributed by atoms with Crippen molar-refractivity contribution in [3.8, 4) is 0 Å². The van der Waals surface area contributed by atoms with Crippen LogP contribution in [0.4, 0.5) is 0 Å². The van der Waals surface area contributed by atoms with Crippen LogP contribution in [0.5, 0.6) is 0 Å². The third-order valence-electron chi connectivity index (χ3n) is 6.65. The topological polar surface area (TPSA) is 9.23 Å². The van der Waals surface area contributed by atoms with Gasteiger partial charge < -0.3 is 4.43 Å². The monoisotopic (exact) mass is 409 g/mol. The zero-order chi connectivity index (χ0) is 20.3. The number of rotatable bonds is 19. The van der Waals surface area contributed by atoms with E-state index in [0.717, 1.165) is 5.92 Å². The molecule has 1 aliphatic rings. The minimum atomic E-state index is -0.551. The van der Waals surface area contributed by atoms with Crippen LogP contribution in [0.1, 0.15) is 142 Å². The second-order valence-electron chi connectivity index (χ2n) is 9.70. The van der Waals surface area contributed by atoms with Gasteiger partial charge in [-0.3, -0.25) is 0 Å². The molecule has 28 heavy (non-hydrogen) atoms. The van der Waals surface area contributed by atoms with E-state index in [-0.39, 0.29) is 0 Å². The van der Waals surface area contributed by atoms with E-state index in [1.54, 1.807) is 0 Å².